The molecule has 3 saturated heterocycles. The summed E-state index contributed by atoms with van der Waals surface area (Å²) in [4.78, 5) is 24.8. The van der Waals surface area contributed by atoms with E-state index in [9.17, 15) is 18.0 Å². The number of hydrogen-bond acceptors (Lipinski definition) is 7. The van der Waals surface area contributed by atoms with Gasteiger partial charge in [-0.2, -0.15) is 18.2 Å². The van der Waals surface area contributed by atoms with Crippen molar-refractivity contribution in [1.82, 2.24) is 20.0 Å². The predicted molar refractivity (Wildman–Crippen MR) is 97.3 cm³/mol. The number of hydrogen-bond donors (Lipinski definition) is 0. The van der Waals surface area contributed by atoms with Crippen LogP contribution in [0.25, 0.3) is 11.4 Å². The number of ether oxygens (including phenoxy) is 1. The second kappa shape index (κ2) is 7.22. The summed E-state index contributed by atoms with van der Waals surface area (Å²) in [6.45, 7) is 2.66. The average molecular weight is 423 g/mol. The first-order valence-electron chi connectivity index (χ1n) is 9.92. The van der Waals surface area contributed by atoms with Crippen molar-refractivity contribution in [3.63, 3.8) is 0 Å². The van der Waals surface area contributed by atoms with E-state index in [1.165, 1.54) is 6.20 Å². The zero-order valence-corrected chi connectivity index (χ0v) is 16.0. The van der Waals surface area contributed by atoms with Crippen LogP contribution in [0.15, 0.2) is 22.9 Å². The fraction of sp³-hybridized carbons (Fsp3) is 0.579. The van der Waals surface area contributed by atoms with Gasteiger partial charge >= 0.3 is 12.1 Å². The molecule has 0 aliphatic carbocycles. The second-order valence-electron chi connectivity index (χ2n) is 7.90. The monoisotopic (exact) mass is 423 g/mol. The minimum absolute atomic E-state index is 0.0560. The van der Waals surface area contributed by atoms with E-state index in [-0.39, 0.29) is 29.7 Å². The molecule has 0 radical (unpaired) electrons. The van der Waals surface area contributed by atoms with Gasteiger partial charge in [-0.1, -0.05) is 5.16 Å². The summed E-state index contributed by atoms with van der Waals surface area (Å²) in [5.74, 6) is -0.527. The van der Waals surface area contributed by atoms with Gasteiger partial charge in [-0.15, -0.1) is 0 Å². The Hall–Kier alpha value is -2.69. The van der Waals surface area contributed by atoms with Crippen molar-refractivity contribution >= 4 is 11.7 Å². The van der Waals surface area contributed by atoms with Gasteiger partial charge in [0.1, 0.15) is 5.82 Å². The first-order valence-corrected chi connectivity index (χ1v) is 9.92. The summed E-state index contributed by atoms with van der Waals surface area (Å²) in [6, 6.07) is 3.73. The molecule has 5 heterocycles. The quantitative estimate of drug-likeness (QED) is 0.749. The van der Waals surface area contributed by atoms with Gasteiger partial charge in [0.2, 0.25) is 11.7 Å². The molecule has 1 amide bonds. The Morgan fingerprint density at radius 1 is 1.13 bits per heavy atom. The molecule has 2 atom stereocenters. The van der Waals surface area contributed by atoms with Gasteiger partial charge in [0.25, 0.3) is 0 Å². The number of anilines is 1. The smallest absolute Gasteiger partial charge is 0.381 e. The van der Waals surface area contributed by atoms with E-state index in [2.05, 4.69) is 24.5 Å². The summed E-state index contributed by atoms with van der Waals surface area (Å²) in [7, 11) is 0. The third-order valence-electron chi connectivity index (χ3n) is 6.06. The third-order valence-corrected chi connectivity index (χ3v) is 6.06. The number of carbonyl (C=O) groups excluding carboxylic acids is 1. The SMILES string of the molecule is O=C(C1CCOCC1)N1CC2CC1CN2c1ccc(-c2noc(C(F)(F)F)n2)cn1. The van der Waals surface area contributed by atoms with Gasteiger partial charge in [0.05, 0.1) is 12.1 Å². The molecule has 2 aromatic rings. The number of halogens is 3. The first kappa shape index (κ1) is 19.3. The molecule has 5 rings (SSSR count). The van der Waals surface area contributed by atoms with Gasteiger partial charge in [-0.25, -0.2) is 4.98 Å². The number of aromatic nitrogens is 3. The maximum Gasteiger partial charge on any atom is 0.471 e. The van der Waals surface area contributed by atoms with Crippen LogP contribution in [0.5, 0.6) is 0 Å². The van der Waals surface area contributed by atoms with E-state index >= 15 is 0 Å². The lowest BCUT2D eigenvalue weighted by molar-refractivity contribution is -0.159. The highest BCUT2D eigenvalue weighted by molar-refractivity contribution is 5.80. The van der Waals surface area contributed by atoms with E-state index in [0.29, 0.717) is 31.9 Å². The normalized spacial score (nSPS) is 24.6. The minimum atomic E-state index is -4.68. The second-order valence-corrected chi connectivity index (χ2v) is 7.90. The third kappa shape index (κ3) is 3.40. The van der Waals surface area contributed by atoms with Crippen LogP contribution in [0.1, 0.15) is 25.2 Å². The van der Waals surface area contributed by atoms with Crippen molar-refractivity contribution in [2.45, 2.75) is 37.5 Å². The lowest BCUT2D eigenvalue weighted by Gasteiger charge is -2.37. The summed E-state index contributed by atoms with van der Waals surface area (Å²) >= 11 is 0. The standard InChI is InChI=1S/C19H20F3N5O3/c20-19(21,22)18-24-16(25-30-18)12-1-2-15(23-8-12)26-9-14-7-13(26)10-27(14)17(28)11-3-5-29-6-4-11/h1-2,8,11,13-14H,3-7,9-10H2. The fourth-order valence-electron chi connectivity index (χ4n) is 4.54. The molecular formula is C19H20F3N5O3. The van der Waals surface area contributed by atoms with Crippen LogP contribution in [0.3, 0.4) is 0 Å². The number of fused-ring (bicyclic) bond motifs is 2. The summed E-state index contributed by atoms with van der Waals surface area (Å²) in [5, 5.41) is 3.38. The molecule has 3 aliphatic rings. The van der Waals surface area contributed by atoms with Crippen molar-refractivity contribution in [2.24, 2.45) is 5.92 Å². The van der Waals surface area contributed by atoms with Crippen LogP contribution in [0, 0.1) is 5.92 Å². The van der Waals surface area contributed by atoms with E-state index < -0.39 is 12.1 Å². The first-order chi connectivity index (χ1) is 14.4. The van der Waals surface area contributed by atoms with Crippen LogP contribution in [-0.4, -0.2) is 64.3 Å². The Morgan fingerprint density at radius 3 is 2.53 bits per heavy atom. The molecule has 11 heteroatoms. The summed E-state index contributed by atoms with van der Waals surface area (Å²) in [5.41, 5.74) is 0.346. The molecule has 160 valence electrons. The number of piperazine rings is 1. The molecule has 0 aromatic carbocycles. The van der Waals surface area contributed by atoms with Crippen molar-refractivity contribution in [3.05, 3.63) is 24.2 Å². The number of amides is 1. The molecule has 3 fully saturated rings. The van der Waals surface area contributed by atoms with Crippen LogP contribution in [-0.2, 0) is 15.7 Å². The van der Waals surface area contributed by atoms with E-state index in [4.69, 9.17) is 4.74 Å². The highest BCUT2D eigenvalue weighted by Crippen LogP contribution is 2.36. The van der Waals surface area contributed by atoms with E-state index in [1.807, 2.05) is 4.90 Å². The Labute approximate surface area is 170 Å². The Morgan fingerprint density at radius 2 is 1.93 bits per heavy atom. The fourth-order valence-corrected chi connectivity index (χ4v) is 4.54. The molecule has 2 unspecified atom stereocenters. The summed E-state index contributed by atoms with van der Waals surface area (Å²) < 4.78 is 47.5. The summed E-state index contributed by atoms with van der Waals surface area (Å²) in [6.07, 6.45) is -0.770. The maximum absolute atomic E-state index is 12.8. The van der Waals surface area contributed by atoms with Gasteiger partial charge in [-0.05, 0) is 31.4 Å². The molecule has 0 saturated carbocycles. The molecule has 2 aromatic heterocycles. The molecule has 0 spiro atoms. The lowest BCUT2D eigenvalue weighted by Crippen LogP contribution is -2.51. The van der Waals surface area contributed by atoms with Crippen LogP contribution in [0.4, 0.5) is 19.0 Å². The highest BCUT2D eigenvalue weighted by atomic mass is 19.4. The lowest BCUT2D eigenvalue weighted by atomic mass is 9.98. The number of carbonyl (C=O) groups is 1. The number of rotatable bonds is 3. The topological polar surface area (TPSA) is 84.6 Å². The molecule has 0 N–H and O–H groups in total. The number of likely N-dealkylation sites (tertiary alicyclic amines) is 1. The van der Waals surface area contributed by atoms with Gasteiger partial charge in [-0.3, -0.25) is 4.79 Å². The van der Waals surface area contributed by atoms with Crippen molar-refractivity contribution in [2.75, 3.05) is 31.2 Å². The predicted octanol–water partition coefficient (Wildman–Crippen LogP) is 2.37. The largest absolute Gasteiger partial charge is 0.471 e. The van der Waals surface area contributed by atoms with Gasteiger partial charge in [0.15, 0.2) is 0 Å². The Bertz CT molecular complexity index is 926. The molecule has 30 heavy (non-hydrogen) atoms. The molecule has 2 bridgehead atoms. The molecule has 3 aliphatic heterocycles. The zero-order chi connectivity index (χ0) is 20.9. The van der Waals surface area contributed by atoms with Crippen molar-refractivity contribution in [1.29, 1.82) is 0 Å². The molecular weight excluding hydrogens is 403 g/mol. The Balaban J connectivity index is 1.25. The minimum Gasteiger partial charge on any atom is -0.381 e. The van der Waals surface area contributed by atoms with E-state index in [1.54, 1.807) is 12.1 Å². The van der Waals surface area contributed by atoms with Gasteiger partial charge in [0, 0.05) is 44.0 Å². The average Bonchev–Trinajstić information content (AvgIpc) is 3.49. The zero-order valence-electron chi connectivity index (χ0n) is 16.0. The van der Waals surface area contributed by atoms with Crippen LogP contribution >= 0.6 is 0 Å². The highest BCUT2D eigenvalue weighted by Gasteiger charge is 2.47. The number of pyridine rings is 1. The van der Waals surface area contributed by atoms with Gasteiger partial charge < -0.3 is 19.1 Å². The van der Waals surface area contributed by atoms with E-state index in [0.717, 1.165) is 25.1 Å². The molecule has 8 nitrogen and oxygen atoms in total. The number of nitrogens with zero attached hydrogens (tertiary/aromatic N) is 5. The number of alkyl halides is 3. The maximum atomic E-state index is 12.8. The van der Waals surface area contributed by atoms with Crippen molar-refractivity contribution in [3.8, 4) is 11.4 Å². The van der Waals surface area contributed by atoms with Crippen LogP contribution in [0.2, 0.25) is 0 Å². The van der Waals surface area contributed by atoms with Crippen LogP contribution < -0.4 is 4.90 Å². The Kier molecular flexibility index (Phi) is 4.64. The van der Waals surface area contributed by atoms with Crippen molar-refractivity contribution < 1.29 is 27.2 Å².